The van der Waals surface area contributed by atoms with E-state index in [2.05, 4.69) is 20.0 Å². The minimum absolute atomic E-state index is 0.0507. The lowest BCUT2D eigenvalue weighted by Crippen LogP contribution is -2.31. The molecule has 40 heavy (non-hydrogen) atoms. The van der Waals surface area contributed by atoms with Gasteiger partial charge in [0.2, 0.25) is 5.69 Å². The Morgan fingerprint density at radius 2 is 1.82 bits per heavy atom. The molecular formula is C31H29FN4O4. The first-order chi connectivity index (χ1) is 19.6. The van der Waals surface area contributed by atoms with Crippen molar-refractivity contribution >= 4 is 28.4 Å². The second-order valence-electron chi connectivity index (χ2n) is 9.43. The SMILES string of the molecule is [C-]#[N+]c1cc2c(Oc3ccc(NC(=O)Oc4ccccc4)c(F)c3)ccnc2cc1OCCCN1CCCCC1. The van der Waals surface area contributed by atoms with Crippen LogP contribution in [-0.2, 0) is 0 Å². The fourth-order valence-electron chi connectivity index (χ4n) is 4.60. The maximum Gasteiger partial charge on any atom is 0.417 e. The van der Waals surface area contributed by atoms with Gasteiger partial charge < -0.3 is 19.1 Å². The molecule has 1 aliphatic heterocycles. The molecular weight excluding hydrogens is 511 g/mol. The van der Waals surface area contributed by atoms with Crippen LogP contribution in [0.15, 0.2) is 72.9 Å². The Morgan fingerprint density at radius 3 is 2.60 bits per heavy atom. The highest BCUT2D eigenvalue weighted by Crippen LogP contribution is 2.38. The predicted molar refractivity (Wildman–Crippen MR) is 151 cm³/mol. The number of carbonyl (C=O) groups excluding carboxylic acids is 1. The van der Waals surface area contributed by atoms with Crippen LogP contribution in [0.25, 0.3) is 15.7 Å². The van der Waals surface area contributed by atoms with Gasteiger partial charge in [0.1, 0.15) is 23.0 Å². The van der Waals surface area contributed by atoms with Gasteiger partial charge in [-0.15, -0.1) is 0 Å². The number of benzene rings is 3. The van der Waals surface area contributed by atoms with Gasteiger partial charge in [0.25, 0.3) is 0 Å². The molecule has 8 nitrogen and oxygen atoms in total. The van der Waals surface area contributed by atoms with Gasteiger partial charge in [0, 0.05) is 24.2 Å². The van der Waals surface area contributed by atoms with E-state index >= 15 is 0 Å². The number of rotatable bonds is 9. The van der Waals surface area contributed by atoms with Crippen LogP contribution in [0, 0.1) is 12.4 Å². The van der Waals surface area contributed by atoms with E-state index in [1.807, 2.05) is 0 Å². The number of carbonyl (C=O) groups is 1. The van der Waals surface area contributed by atoms with Crippen LogP contribution in [0.4, 0.5) is 20.6 Å². The molecule has 0 saturated carbocycles. The Balaban J connectivity index is 1.25. The normalized spacial score (nSPS) is 13.4. The molecule has 0 spiro atoms. The Kier molecular flexibility index (Phi) is 8.69. The number of likely N-dealkylation sites (tertiary alicyclic amines) is 1. The lowest BCUT2D eigenvalue weighted by Gasteiger charge is -2.26. The van der Waals surface area contributed by atoms with E-state index in [1.165, 1.54) is 37.5 Å². The summed E-state index contributed by atoms with van der Waals surface area (Å²) in [5, 5.41) is 2.99. The minimum atomic E-state index is -0.810. The van der Waals surface area contributed by atoms with Gasteiger partial charge in [-0.05, 0) is 74.8 Å². The number of amides is 1. The molecule has 0 unspecified atom stereocenters. The van der Waals surface area contributed by atoms with Crippen LogP contribution in [0.2, 0.25) is 0 Å². The number of halogens is 1. The monoisotopic (exact) mass is 540 g/mol. The maximum atomic E-state index is 14.8. The van der Waals surface area contributed by atoms with Crippen molar-refractivity contribution in [2.24, 2.45) is 0 Å². The highest BCUT2D eigenvalue weighted by atomic mass is 19.1. The summed E-state index contributed by atoms with van der Waals surface area (Å²) in [6, 6.07) is 17.6. The molecule has 1 fully saturated rings. The summed E-state index contributed by atoms with van der Waals surface area (Å²) in [5.74, 6) is 0.761. The minimum Gasteiger partial charge on any atom is -0.504 e. The largest absolute Gasteiger partial charge is 0.504 e. The molecule has 1 aromatic heterocycles. The zero-order chi connectivity index (χ0) is 27.7. The van der Waals surface area contributed by atoms with Crippen molar-refractivity contribution < 1.29 is 23.4 Å². The van der Waals surface area contributed by atoms with Crippen molar-refractivity contribution in [3.05, 3.63) is 90.2 Å². The lowest BCUT2D eigenvalue weighted by molar-refractivity contribution is 0.205. The highest BCUT2D eigenvalue weighted by molar-refractivity contribution is 5.91. The molecule has 4 aromatic rings. The maximum absolute atomic E-state index is 14.8. The molecule has 5 rings (SSSR count). The van der Waals surface area contributed by atoms with Gasteiger partial charge in [-0.3, -0.25) is 10.3 Å². The topological polar surface area (TPSA) is 77.3 Å². The van der Waals surface area contributed by atoms with Crippen molar-refractivity contribution in [2.45, 2.75) is 25.7 Å². The predicted octanol–water partition coefficient (Wildman–Crippen LogP) is 7.58. The summed E-state index contributed by atoms with van der Waals surface area (Å²) in [4.78, 5) is 22.6. The van der Waals surface area contributed by atoms with Crippen molar-refractivity contribution in [3.8, 4) is 23.0 Å². The standard InChI is InChI=1S/C31H29FN4O4/c1-33-28-20-24-27(21-30(28)38-18-8-17-36-15-6-3-7-16-36)34-14-13-29(24)39-23-11-12-26(25(32)19-23)35-31(37)40-22-9-4-2-5-10-22/h2,4-5,9-14,19-21H,3,6-8,15-18H2,(H,35,37). The summed E-state index contributed by atoms with van der Waals surface area (Å²) >= 11 is 0. The van der Waals surface area contributed by atoms with Crippen LogP contribution in [0.1, 0.15) is 25.7 Å². The Bertz CT molecular complexity index is 1520. The van der Waals surface area contributed by atoms with E-state index in [4.69, 9.17) is 20.8 Å². The van der Waals surface area contributed by atoms with Gasteiger partial charge in [0.15, 0.2) is 5.82 Å². The summed E-state index contributed by atoms with van der Waals surface area (Å²) in [6.07, 6.45) is 5.46. The first-order valence-corrected chi connectivity index (χ1v) is 13.3. The zero-order valence-electron chi connectivity index (χ0n) is 21.9. The number of para-hydroxylation sites is 1. The number of pyridine rings is 1. The Morgan fingerprint density at radius 1 is 1.00 bits per heavy atom. The molecule has 0 bridgehead atoms. The summed E-state index contributed by atoms with van der Waals surface area (Å²) < 4.78 is 31.9. The number of hydrogen-bond acceptors (Lipinski definition) is 6. The molecule has 1 amide bonds. The van der Waals surface area contributed by atoms with Crippen LogP contribution in [-0.4, -0.2) is 42.2 Å². The third-order valence-electron chi connectivity index (χ3n) is 6.59. The number of nitrogens with zero attached hydrogens (tertiary/aromatic N) is 3. The van der Waals surface area contributed by atoms with E-state index in [-0.39, 0.29) is 11.4 Å². The summed E-state index contributed by atoms with van der Waals surface area (Å²) in [5.41, 5.74) is 0.898. The second-order valence-corrected chi connectivity index (χ2v) is 9.43. The molecule has 0 aliphatic carbocycles. The van der Waals surface area contributed by atoms with Crippen LogP contribution in [0.3, 0.4) is 0 Å². The van der Waals surface area contributed by atoms with E-state index in [0.29, 0.717) is 40.4 Å². The number of ether oxygens (including phenoxy) is 3. The van der Waals surface area contributed by atoms with Crippen LogP contribution >= 0.6 is 0 Å². The Labute approximate surface area is 232 Å². The van der Waals surface area contributed by atoms with E-state index in [0.717, 1.165) is 26.1 Å². The second kappa shape index (κ2) is 12.9. The fourth-order valence-corrected chi connectivity index (χ4v) is 4.60. The smallest absolute Gasteiger partial charge is 0.417 e. The Hall–Kier alpha value is -4.68. The van der Waals surface area contributed by atoms with Crippen molar-refractivity contribution in [2.75, 3.05) is 31.6 Å². The van der Waals surface area contributed by atoms with Crippen molar-refractivity contribution in [3.63, 3.8) is 0 Å². The summed E-state index contributed by atoms with van der Waals surface area (Å²) in [6.45, 7) is 11.4. The molecule has 2 heterocycles. The summed E-state index contributed by atoms with van der Waals surface area (Å²) in [7, 11) is 0. The third kappa shape index (κ3) is 6.84. The first-order valence-electron chi connectivity index (χ1n) is 13.3. The molecule has 204 valence electrons. The van der Waals surface area contributed by atoms with E-state index in [9.17, 15) is 9.18 Å². The molecule has 1 N–H and O–H groups in total. The molecule has 1 saturated heterocycles. The number of piperidine rings is 1. The van der Waals surface area contributed by atoms with Gasteiger partial charge in [-0.25, -0.2) is 14.0 Å². The van der Waals surface area contributed by atoms with Crippen LogP contribution < -0.4 is 19.5 Å². The third-order valence-corrected chi connectivity index (χ3v) is 6.59. The van der Waals surface area contributed by atoms with Crippen LogP contribution in [0.5, 0.6) is 23.0 Å². The molecule has 0 radical (unpaired) electrons. The molecule has 0 atom stereocenters. The van der Waals surface area contributed by atoms with Gasteiger partial charge >= 0.3 is 6.09 Å². The van der Waals surface area contributed by atoms with Gasteiger partial charge in [0.05, 0.1) is 24.4 Å². The number of nitrogens with one attached hydrogen (secondary N) is 1. The van der Waals surface area contributed by atoms with Crippen molar-refractivity contribution in [1.82, 2.24) is 9.88 Å². The number of anilines is 1. The zero-order valence-corrected chi connectivity index (χ0v) is 21.9. The first kappa shape index (κ1) is 26.9. The van der Waals surface area contributed by atoms with E-state index < -0.39 is 11.9 Å². The number of fused-ring (bicyclic) bond motifs is 1. The van der Waals surface area contributed by atoms with Gasteiger partial charge in [-0.2, -0.15) is 0 Å². The van der Waals surface area contributed by atoms with Gasteiger partial charge in [-0.1, -0.05) is 24.6 Å². The lowest BCUT2D eigenvalue weighted by atomic mass is 10.1. The fraction of sp³-hybridized carbons (Fsp3) is 0.258. The highest BCUT2D eigenvalue weighted by Gasteiger charge is 2.15. The molecule has 9 heteroatoms. The number of hydrogen-bond donors (Lipinski definition) is 1. The average Bonchev–Trinajstić information content (AvgIpc) is 2.97. The molecule has 1 aliphatic rings. The van der Waals surface area contributed by atoms with Crippen molar-refractivity contribution in [1.29, 1.82) is 0 Å². The average molecular weight is 541 g/mol. The molecule has 3 aromatic carbocycles. The quantitative estimate of drug-likeness (QED) is 0.174. The van der Waals surface area contributed by atoms with E-state index in [1.54, 1.807) is 54.7 Å². The number of aromatic nitrogens is 1.